The fourth-order valence-electron chi connectivity index (χ4n) is 6.60. The fraction of sp³-hybridized carbons (Fsp3) is 0.485. The lowest BCUT2D eigenvalue weighted by atomic mass is 9.92. The minimum atomic E-state index is -1.01. The topological polar surface area (TPSA) is 102 Å². The molecule has 1 aromatic carbocycles. The summed E-state index contributed by atoms with van der Waals surface area (Å²) >= 11 is 0. The molecule has 1 saturated carbocycles. The van der Waals surface area contributed by atoms with Crippen LogP contribution in [0.3, 0.4) is 0 Å². The van der Waals surface area contributed by atoms with E-state index in [-0.39, 0.29) is 13.0 Å². The quantitative estimate of drug-likeness (QED) is 0.336. The third-order valence-electron chi connectivity index (χ3n) is 9.31. The summed E-state index contributed by atoms with van der Waals surface area (Å²) < 4.78 is 20.0. The van der Waals surface area contributed by atoms with E-state index < -0.39 is 17.8 Å². The number of pyridine rings is 1. The van der Waals surface area contributed by atoms with Crippen molar-refractivity contribution in [1.29, 1.82) is 5.26 Å². The molecule has 0 N–H and O–H groups in total. The van der Waals surface area contributed by atoms with Gasteiger partial charge in [-0.1, -0.05) is 31.2 Å². The lowest BCUT2D eigenvalue weighted by molar-refractivity contribution is -0.131. The summed E-state index contributed by atoms with van der Waals surface area (Å²) in [6.45, 7) is 8.96. The van der Waals surface area contributed by atoms with Gasteiger partial charge in [-0.15, -0.1) is 0 Å². The van der Waals surface area contributed by atoms with Gasteiger partial charge in [0.05, 0.1) is 42.7 Å². The van der Waals surface area contributed by atoms with Crippen LogP contribution in [-0.4, -0.2) is 89.1 Å². The van der Waals surface area contributed by atoms with Crippen LogP contribution in [-0.2, 0) is 17.8 Å². The average molecular weight is 599 g/mol. The number of hydrogen-bond donors (Lipinski definition) is 0. The number of hydrogen-bond acceptors (Lipinski definition) is 9. The van der Waals surface area contributed by atoms with Crippen molar-refractivity contribution in [2.45, 2.75) is 57.7 Å². The monoisotopic (exact) mass is 598 g/mol. The van der Waals surface area contributed by atoms with Crippen LogP contribution in [0, 0.1) is 18.3 Å². The first-order chi connectivity index (χ1) is 21.3. The number of rotatable bonds is 9. The molecule has 230 valence electrons. The van der Waals surface area contributed by atoms with Crippen LogP contribution in [0.15, 0.2) is 43.0 Å². The van der Waals surface area contributed by atoms with E-state index in [0.29, 0.717) is 44.7 Å². The predicted molar refractivity (Wildman–Crippen MR) is 167 cm³/mol. The molecule has 10 nitrogen and oxygen atoms in total. The third kappa shape index (κ3) is 5.91. The van der Waals surface area contributed by atoms with E-state index in [0.717, 1.165) is 41.2 Å². The van der Waals surface area contributed by atoms with E-state index in [4.69, 9.17) is 14.7 Å². The fourth-order valence-corrected chi connectivity index (χ4v) is 6.60. The number of amides is 1. The van der Waals surface area contributed by atoms with Crippen LogP contribution in [0.5, 0.6) is 6.01 Å². The van der Waals surface area contributed by atoms with Gasteiger partial charge in [0.2, 0.25) is 0 Å². The molecule has 0 bridgehead atoms. The maximum Gasteiger partial charge on any atom is 0.318 e. The van der Waals surface area contributed by atoms with Crippen molar-refractivity contribution < 1.29 is 13.9 Å². The lowest BCUT2D eigenvalue weighted by Crippen LogP contribution is -2.55. The first-order valence-corrected chi connectivity index (χ1v) is 15.4. The Balaban J connectivity index is 1.30. The highest BCUT2D eigenvalue weighted by Crippen LogP contribution is 2.35. The molecule has 1 amide bonds. The van der Waals surface area contributed by atoms with E-state index in [9.17, 15) is 14.4 Å². The molecule has 0 unspecified atom stereocenters. The van der Waals surface area contributed by atoms with Crippen molar-refractivity contribution >= 4 is 28.2 Å². The SMILES string of the molecule is C=C(F)C(=O)N1CCN(c2nc(OCCN(C)C3CCC3)nc3c2CCN(c2cncc4cccc(C)c24)C3)C[C@@H]1CC#N. The molecule has 3 aliphatic rings. The average Bonchev–Trinajstić information content (AvgIpc) is 2.99. The maximum atomic E-state index is 13.8. The minimum absolute atomic E-state index is 0.0842. The minimum Gasteiger partial charge on any atom is -0.462 e. The molecular formula is C33H39FN8O2. The van der Waals surface area contributed by atoms with Gasteiger partial charge < -0.3 is 24.3 Å². The molecule has 2 aromatic heterocycles. The highest BCUT2D eigenvalue weighted by Gasteiger charge is 2.35. The van der Waals surface area contributed by atoms with Crippen LogP contribution in [0.1, 0.15) is 42.5 Å². The number of ether oxygens (including phenoxy) is 1. The van der Waals surface area contributed by atoms with Crippen molar-refractivity contribution in [3.8, 4) is 12.1 Å². The number of aromatic nitrogens is 3. The summed E-state index contributed by atoms with van der Waals surface area (Å²) in [5, 5.41) is 11.8. The van der Waals surface area contributed by atoms with Crippen LogP contribution < -0.4 is 14.5 Å². The summed E-state index contributed by atoms with van der Waals surface area (Å²) in [5.41, 5.74) is 4.20. The molecule has 44 heavy (non-hydrogen) atoms. The second-order valence-electron chi connectivity index (χ2n) is 12.0. The van der Waals surface area contributed by atoms with E-state index in [1.54, 1.807) is 0 Å². The summed E-state index contributed by atoms with van der Waals surface area (Å²) in [6, 6.07) is 8.87. The van der Waals surface area contributed by atoms with Gasteiger partial charge in [-0.3, -0.25) is 9.78 Å². The van der Waals surface area contributed by atoms with Crippen LogP contribution in [0.4, 0.5) is 15.9 Å². The molecule has 6 rings (SSSR count). The number of carbonyl (C=O) groups excluding carboxylic acids is 1. The first-order valence-electron chi connectivity index (χ1n) is 15.4. The van der Waals surface area contributed by atoms with E-state index >= 15 is 0 Å². The summed E-state index contributed by atoms with van der Waals surface area (Å²) in [5.74, 6) is -1.01. The maximum absolute atomic E-state index is 13.8. The zero-order chi connectivity index (χ0) is 30.8. The molecule has 3 aromatic rings. The number of piperazine rings is 1. The second-order valence-corrected chi connectivity index (χ2v) is 12.0. The summed E-state index contributed by atoms with van der Waals surface area (Å²) in [6.07, 6.45) is 8.35. The molecule has 0 radical (unpaired) electrons. The van der Waals surface area contributed by atoms with Gasteiger partial charge in [0.1, 0.15) is 12.4 Å². The van der Waals surface area contributed by atoms with Crippen LogP contribution in [0.2, 0.25) is 0 Å². The first kappa shape index (κ1) is 29.8. The standard InChI is InChI=1S/C33H39FN8O2/c1-22-6-4-7-24-18-36-19-29(30(22)24)40-13-11-27-28(21-40)37-33(44-17-16-39(3)25-8-5-9-25)38-31(27)41-14-15-42(32(43)23(2)34)26(20-41)10-12-35/h4,6-7,18-19,25-26H,2,5,8-11,13-17,20-21H2,1,3H3/t26-/m0/s1. The molecule has 11 heteroatoms. The van der Waals surface area contributed by atoms with Crippen molar-refractivity contribution in [3.05, 3.63) is 59.8 Å². The van der Waals surface area contributed by atoms with Crippen molar-refractivity contribution in [3.63, 3.8) is 0 Å². The third-order valence-corrected chi connectivity index (χ3v) is 9.31. The molecule has 0 spiro atoms. The highest BCUT2D eigenvalue weighted by atomic mass is 19.1. The van der Waals surface area contributed by atoms with Gasteiger partial charge in [0.15, 0.2) is 5.83 Å². The van der Waals surface area contributed by atoms with Gasteiger partial charge in [0, 0.05) is 61.3 Å². The van der Waals surface area contributed by atoms with Gasteiger partial charge in [-0.25, -0.2) is 4.39 Å². The van der Waals surface area contributed by atoms with Crippen molar-refractivity contribution in [2.24, 2.45) is 0 Å². The Morgan fingerprint density at radius 1 is 1.20 bits per heavy atom. The molecule has 4 heterocycles. The number of nitriles is 1. The van der Waals surface area contributed by atoms with Crippen LogP contribution >= 0.6 is 0 Å². The van der Waals surface area contributed by atoms with Crippen molar-refractivity contribution in [2.75, 3.05) is 56.2 Å². The molecule has 1 aliphatic carbocycles. The Morgan fingerprint density at radius 3 is 2.80 bits per heavy atom. The number of halogens is 1. The molecule has 2 aliphatic heterocycles. The Bertz CT molecular complexity index is 1600. The number of fused-ring (bicyclic) bond motifs is 2. The van der Waals surface area contributed by atoms with E-state index in [2.05, 4.69) is 64.5 Å². The van der Waals surface area contributed by atoms with Crippen molar-refractivity contribution in [1.82, 2.24) is 24.8 Å². The smallest absolute Gasteiger partial charge is 0.318 e. The Morgan fingerprint density at radius 2 is 2.05 bits per heavy atom. The number of carbonyl (C=O) groups is 1. The number of aryl methyl sites for hydroxylation is 1. The molecular weight excluding hydrogens is 559 g/mol. The Kier molecular flexibility index (Phi) is 8.62. The predicted octanol–water partition coefficient (Wildman–Crippen LogP) is 4.17. The van der Waals surface area contributed by atoms with E-state index in [1.807, 2.05) is 12.4 Å². The lowest BCUT2D eigenvalue weighted by Gasteiger charge is -2.42. The van der Waals surface area contributed by atoms with Gasteiger partial charge >= 0.3 is 6.01 Å². The van der Waals surface area contributed by atoms with Gasteiger partial charge in [-0.05, 0) is 38.8 Å². The normalized spacial score (nSPS) is 18.6. The zero-order valence-electron chi connectivity index (χ0n) is 25.5. The van der Waals surface area contributed by atoms with Gasteiger partial charge in [-0.2, -0.15) is 15.2 Å². The zero-order valence-corrected chi connectivity index (χ0v) is 25.5. The van der Waals surface area contributed by atoms with Crippen LogP contribution in [0.25, 0.3) is 10.8 Å². The van der Waals surface area contributed by atoms with E-state index in [1.165, 1.54) is 35.1 Å². The number of nitrogens with zero attached hydrogens (tertiary/aromatic N) is 8. The molecule has 1 atom stereocenters. The number of likely N-dealkylation sites (N-methyl/N-ethyl adjacent to an activating group) is 1. The highest BCUT2D eigenvalue weighted by molar-refractivity contribution is 5.96. The second kappa shape index (κ2) is 12.7. The Hall–Kier alpha value is -4.30. The molecule has 2 fully saturated rings. The number of anilines is 2. The molecule has 1 saturated heterocycles. The van der Waals surface area contributed by atoms with Gasteiger partial charge in [0.25, 0.3) is 5.91 Å². The summed E-state index contributed by atoms with van der Waals surface area (Å²) in [4.78, 5) is 35.0. The Labute approximate surface area is 257 Å². The largest absolute Gasteiger partial charge is 0.462 e. The number of benzene rings is 1. The summed E-state index contributed by atoms with van der Waals surface area (Å²) in [7, 11) is 2.13.